The quantitative estimate of drug-likeness (QED) is 0.861. The summed E-state index contributed by atoms with van der Waals surface area (Å²) >= 11 is 0. The summed E-state index contributed by atoms with van der Waals surface area (Å²) in [5, 5.41) is 0. The predicted molar refractivity (Wildman–Crippen MR) is 64.9 cm³/mol. The molecule has 1 atom stereocenters. The van der Waals surface area contributed by atoms with Crippen molar-refractivity contribution < 1.29 is 8.78 Å². The van der Waals surface area contributed by atoms with Gasteiger partial charge in [-0.3, -0.25) is 0 Å². The highest BCUT2D eigenvalue weighted by atomic mass is 19.1. The lowest BCUT2D eigenvalue weighted by molar-refractivity contribution is 0.463. The van der Waals surface area contributed by atoms with Crippen LogP contribution in [-0.2, 0) is 6.54 Å². The van der Waals surface area contributed by atoms with Crippen molar-refractivity contribution in [2.75, 3.05) is 11.4 Å². The third-order valence-corrected chi connectivity index (χ3v) is 3.40. The standard InChI is InChI=1S/C13H18F2N2/c1-9-4-2-3-5-17(9)13-11(14)6-10(8-16)7-12(13)15/h6-7,9H,2-5,8,16H2,1H3. The van der Waals surface area contributed by atoms with Gasteiger partial charge < -0.3 is 10.6 Å². The summed E-state index contributed by atoms with van der Waals surface area (Å²) in [7, 11) is 0. The molecule has 1 aromatic rings. The Hall–Kier alpha value is -1.16. The lowest BCUT2D eigenvalue weighted by Gasteiger charge is -2.35. The molecule has 0 aliphatic carbocycles. The Labute approximate surface area is 100 Å². The Morgan fingerprint density at radius 1 is 1.29 bits per heavy atom. The lowest BCUT2D eigenvalue weighted by atomic mass is 10.0. The van der Waals surface area contributed by atoms with Gasteiger partial charge in [-0.2, -0.15) is 0 Å². The molecule has 2 N–H and O–H groups in total. The second kappa shape index (κ2) is 5.00. The molecule has 0 bridgehead atoms. The van der Waals surface area contributed by atoms with E-state index in [4.69, 9.17) is 5.73 Å². The SMILES string of the molecule is CC1CCCCN1c1c(F)cc(CN)cc1F. The molecule has 1 saturated heterocycles. The van der Waals surface area contributed by atoms with Crippen LogP contribution in [0.2, 0.25) is 0 Å². The number of halogens is 2. The highest BCUT2D eigenvalue weighted by Gasteiger charge is 2.24. The lowest BCUT2D eigenvalue weighted by Crippen LogP contribution is -2.38. The Morgan fingerprint density at radius 2 is 1.94 bits per heavy atom. The number of anilines is 1. The fourth-order valence-electron chi connectivity index (χ4n) is 2.44. The molecule has 1 aliphatic heterocycles. The van der Waals surface area contributed by atoms with Crippen molar-refractivity contribution in [2.45, 2.75) is 38.8 Å². The van der Waals surface area contributed by atoms with Crippen LogP contribution in [0.4, 0.5) is 14.5 Å². The third-order valence-electron chi connectivity index (χ3n) is 3.40. The summed E-state index contributed by atoms with van der Waals surface area (Å²) in [6.45, 7) is 2.88. The van der Waals surface area contributed by atoms with Crippen LogP contribution < -0.4 is 10.6 Å². The summed E-state index contributed by atoms with van der Waals surface area (Å²) in [4.78, 5) is 1.83. The van der Waals surface area contributed by atoms with E-state index in [2.05, 4.69) is 0 Å². The summed E-state index contributed by atoms with van der Waals surface area (Å²) < 4.78 is 27.8. The summed E-state index contributed by atoms with van der Waals surface area (Å²) in [5.74, 6) is -1.00. The van der Waals surface area contributed by atoms with E-state index in [0.717, 1.165) is 25.8 Å². The van der Waals surface area contributed by atoms with Gasteiger partial charge in [-0.05, 0) is 43.9 Å². The first-order chi connectivity index (χ1) is 8.13. The monoisotopic (exact) mass is 240 g/mol. The molecule has 2 nitrogen and oxygen atoms in total. The second-order valence-corrected chi connectivity index (χ2v) is 4.65. The highest BCUT2D eigenvalue weighted by Crippen LogP contribution is 2.30. The predicted octanol–water partition coefficient (Wildman–Crippen LogP) is 2.80. The van der Waals surface area contributed by atoms with Crippen molar-refractivity contribution >= 4 is 5.69 Å². The maximum absolute atomic E-state index is 13.9. The number of nitrogens with two attached hydrogens (primary N) is 1. The second-order valence-electron chi connectivity index (χ2n) is 4.65. The number of rotatable bonds is 2. The zero-order valence-electron chi connectivity index (χ0n) is 10.0. The van der Waals surface area contributed by atoms with Crippen LogP contribution in [0.25, 0.3) is 0 Å². The smallest absolute Gasteiger partial charge is 0.149 e. The van der Waals surface area contributed by atoms with Gasteiger partial charge in [0.05, 0.1) is 0 Å². The first kappa shape index (κ1) is 12.3. The van der Waals surface area contributed by atoms with Gasteiger partial charge in [0.2, 0.25) is 0 Å². The molecule has 0 saturated carbocycles. The van der Waals surface area contributed by atoms with Crippen molar-refractivity contribution in [1.29, 1.82) is 0 Å². The number of piperidine rings is 1. The van der Waals surface area contributed by atoms with Gasteiger partial charge in [0.15, 0.2) is 0 Å². The minimum Gasteiger partial charge on any atom is -0.364 e. The van der Waals surface area contributed by atoms with Crippen molar-refractivity contribution in [2.24, 2.45) is 5.73 Å². The van der Waals surface area contributed by atoms with Crippen LogP contribution >= 0.6 is 0 Å². The van der Waals surface area contributed by atoms with Crippen LogP contribution in [0.15, 0.2) is 12.1 Å². The van der Waals surface area contributed by atoms with Crippen LogP contribution in [0.3, 0.4) is 0 Å². The minimum atomic E-state index is -0.501. The molecule has 0 amide bonds. The molecule has 1 fully saturated rings. The van der Waals surface area contributed by atoms with E-state index in [-0.39, 0.29) is 18.3 Å². The molecule has 1 aromatic carbocycles. The van der Waals surface area contributed by atoms with Gasteiger partial charge in [0, 0.05) is 19.1 Å². The molecule has 4 heteroatoms. The van der Waals surface area contributed by atoms with Crippen LogP contribution in [0.1, 0.15) is 31.7 Å². The van der Waals surface area contributed by atoms with Gasteiger partial charge in [-0.1, -0.05) is 0 Å². The Balaban J connectivity index is 2.37. The number of hydrogen-bond donors (Lipinski definition) is 1. The van der Waals surface area contributed by atoms with Gasteiger partial charge in [-0.15, -0.1) is 0 Å². The summed E-state index contributed by atoms with van der Waals surface area (Å²) in [6.07, 6.45) is 3.10. The average molecular weight is 240 g/mol. The van der Waals surface area contributed by atoms with E-state index >= 15 is 0 Å². The Kier molecular flexibility index (Phi) is 3.62. The largest absolute Gasteiger partial charge is 0.364 e. The number of nitrogens with zero attached hydrogens (tertiary/aromatic N) is 1. The molecule has 2 rings (SSSR count). The molecule has 1 unspecified atom stereocenters. The zero-order valence-corrected chi connectivity index (χ0v) is 10.0. The van der Waals surface area contributed by atoms with E-state index in [9.17, 15) is 8.78 Å². The molecule has 1 heterocycles. The van der Waals surface area contributed by atoms with Crippen molar-refractivity contribution in [3.05, 3.63) is 29.3 Å². The minimum absolute atomic E-state index is 0.106. The fraction of sp³-hybridized carbons (Fsp3) is 0.538. The van der Waals surface area contributed by atoms with Gasteiger partial charge in [-0.25, -0.2) is 8.78 Å². The molecule has 94 valence electrons. The molecule has 17 heavy (non-hydrogen) atoms. The first-order valence-electron chi connectivity index (χ1n) is 6.08. The van der Waals surface area contributed by atoms with Gasteiger partial charge in [0.25, 0.3) is 0 Å². The van der Waals surface area contributed by atoms with Crippen molar-refractivity contribution in [3.8, 4) is 0 Å². The molecule has 1 aliphatic rings. The van der Waals surface area contributed by atoms with E-state index in [1.807, 2.05) is 11.8 Å². The third kappa shape index (κ3) is 2.41. The van der Waals surface area contributed by atoms with Crippen LogP contribution in [0, 0.1) is 11.6 Å². The van der Waals surface area contributed by atoms with Crippen molar-refractivity contribution in [1.82, 2.24) is 0 Å². The maximum Gasteiger partial charge on any atom is 0.149 e. The summed E-state index contributed by atoms with van der Waals surface area (Å²) in [5.41, 5.74) is 6.00. The fourth-order valence-corrected chi connectivity index (χ4v) is 2.44. The zero-order chi connectivity index (χ0) is 12.4. The normalized spacial score (nSPS) is 20.7. The first-order valence-corrected chi connectivity index (χ1v) is 6.08. The maximum atomic E-state index is 13.9. The molecular weight excluding hydrogens is 222 g/mol. The number of hydrogen-bond acceptors (Lipinski definition) is 2. The van der Waals surface area contributed by atoms with Gasteiger partial charge in [0.1, 0.15) is 17.3 Å². The van der Waals surface area contributed by atoms with Gasteiger partial charge >= 0.3 is 0 Å². The van der Waals surface area contributed by atoms with E-state index < -0.39 is 11.6 Å². The van der Waals surface area contributed by atoms with E-state index in [1.54, 1.807) is 0 Å². The molecule has 0 aromatic heterocycles. The highest BCUT2D eigenvalue weighted by molar-refractivity contribution is 5.51. The van der Waals surface area contributed by atoms with Crippen LogP contribution in [0.5, 0.6) is 0 Å². The molecule has 0 radical (unpaired) electrons. The van der Waals surface area contributed by atoms with E-state index in [0.29, 0.717) is 5.56 Å². The average Bonchev–Trinajstić information content (AvgIpc) is 2.30. The van der Waals surface area contributed by atoms with E-state index in [1.165, 1.54) is 12.1 Å². The topological polar surface area (TPSA) is 29.3 Å². The Bertz CT molecular complexity index is 383. The Morgan fingerprint density at radius 3 is 2.47 bits per heavy atom. The van der Waals surface area contributed by atoms with Crippen LogP contribution in [-0.4, -0.2) is 12.6 Å². The molecular formula is C13H18F2N2. The molecule has 0 spiro atoms. The number of benzene rings is 1. The van der Waals surface area contributed by atoms with Crippen molar-refractivity contribution in [3.63, 3.8) is 0 Å². The summed E-state index contributed by atoms with van der Waals surface area (Å²) in [6, 6.07) is 2.86.